The van der Waals surface area contributed by atoms with E-state index in [9.17, 15) is 22.9 Å². The largest absolute Gasteiger partial charge is 0.280 e. The van der Waals surface area contributed by atoms with Crippen LogP contribution in [0.1, 0.15) is 5.56 Å². The molecule has 0 amide bonds. The van der Waals surface area contributed by atoms with Gasteiger partial charge in [0.1, 0.15) is 10.7 Å². The summed E-state index contributed by atoms with van der Waals surface area (Å²) in [5, 5.41) is 10.7. The number of hydrogen-bond acceptors (Lipinski definition) is 4. The van der Waals surface area contributed by atoms with Crippen LogP contribution in [0.4, 0.5) is 15.8 Å². The summed E-state index contributed by atoms with van der Waals surface area (Å²) < 4.78 is 40.0. The highest BCUT2D eigenvalue weighted by molar-refractivity contribution is 7.92. The number of nitrogens with zero attached hydrogens (tertiary/aromatic N) is 1. The van der Waals surface area contributed by atoms with Gasteiger partial charge in [0.25, 0.3) is 15.7 Å². The van der Waals surface area contributed by atoms with E-state index in [4.69, 9.17) is 0 Å². The maximum absolute atomic E-state index is 13.7. The van der Waals surface area contributed by atoms with Gasteiger partial charge in [-0.2, -0.15) is 0 Å². The molecule has 1 N–H and O–H groups in total. The summed E-state index contributed by atoms with van der Waals surface area (Å²) in [6.07, 6.45) is 0. The fourth-order valence-electron chi connectivity index (χ4n) is 1.64. The van der Waals surface area contributed by atoms with Crippen LogP contribution >= 0.6 is 0 Å². The molecule has 0 aliphatic heterocycles. The molecule has 0 bridgehead atoms. The fourth-order valence-corrected chi connectivity index (χ4v) is 2.80. The average Bonchev–Trinajstić information content (AvgIpc) is 2.41. The summed E-state index contributed by atoms with van der Waals surface area (Å²) in [4.78, 5) is 9.10. The summed E-state index contributed by atoms with van der Waals surface area (Å²) in [5.74, 6) is -1.06. The van der Waals surface area contributed by atoms with E-state index in [2.05, 4.69) is 4.72 Å². The molecule has 0 spiro atoms. The predicted octanol–water partition coefficient (Wildman–Crippen LogP) is 2.84. The summed E-state index contributed by atoms with van der Waals surface area (Å²) in [5.41, 5.74) is 0.673. The standard InChI is InChI=1S/C13H11FN2O4S/c1-9-2-4-10(5-3-9)15-21(19,20)13-8-11(16(17)18)6-7-12(13)14/h2-8,15H,1H3. The minimum Gasteiger partial charge on any atom is -0.280 e. The third kappa shape index (κ3) is 3.34. The van der Waals surface area contributed by atoms with E-state index in [1.165, 1.54) is 12.1 Å². The van der Waals surface area contributed by atoms with Crippen molar-refractivity contribution in [1.82, 2.24) is 0 Å². The lowest BCUT2D eigenvalue weighted by atomic mass is 10.2. The van der Waals surface area contributed by atoms with Crippen LogP contribution in [0.2, 0.25) is 0 Å². The second-order valence-corrected chi connectivity index (χ2v) is 5.99. The van der Waals surface area contributed by atoms with Crippen LogP contribution in [0.15, 0.2) is 47.4 Å². The molecule has 0 fully saturated rings. The maximum atomic E-state index is 13.7. The lowest BCUT2D eigenvalue weighted by molar-refractivity contribution is -0.385. The number of non-ortho nitro benzene ring substituents is 1. The SMILES string of the molecule is Cc1ccc(NS(=O)(=O)c2cc([N+](=O)[O-])ccc2F)cc1. The van der Waals surface area contributed by atoms with Crippen LogP contribution in [-0.4, -0.2) is 13.3 Å². The Hall–Kier alpha value is -2.48. The van der Waals surface area contributed by atoms with Crippen molar-refractivity contribution in [2.45, 2.75) is 11.8 Å². The number of nitro benzene ring substituents is 1. The highest BCUT2D eigenvalue weighted by Gasteiger charge is 2.22. The quantitative estimate of drug-likeness (QED) is 0.694. The molecule has 2 rings (SSSR count). The number of halogens is 1. The average molecular weight is 310 g/mol. The van der Waals surface area contributed by atoms with Crippen molar-refractivity contribution in [3.8, 4) is 0 Å². The van der Waals surface area contributed by atoms with Gasteiger partial charge in [-0.15, -0.1) is 0 Å². The zero-order valence-electron chi connectivity index (χ0n) is 10.9. The molecule has 0 atom stereocenters. The van der Waals surface area contributed by atoms with Gasteiger partial charge in [-0.1, -0.05) is 17.7 Å². The van der Waals surface area contributed by atoms with Gasteiger partial charge < -0.3 is 0 Å². The number of nitro groups is 1. The Morgan fingerprint density at radius 2 is 1.76 bits per heavy atom. The highest BCUT2D eigenvalue weighted by atomic mass is 32.2. The van der Waals surface area contributed by atoms with Crippen LogP contribution in [-0.2, 0) is 10.0 Å². The smallest absolute Gasteiger partial charge is 0.271 e. The topological polar surface area (TPSA) is 89.3 Å². The third-order valence-corrected chi connectivity index (χ3v) is 4.12. The molecule has 0 unspecified atom stereocenters. The lowest BCUT2D eigenvalue weighted by Gasteiger charge is -2.09. The van der Waals surface area contributed by atoms with Gasteiger partial charge in [0.15, 0.2) is 0 Å². The summed E-state index contributed by atoms with van der Waals surface area (Å²) in [6, 6.07) is 8.74. The van der Waals surface area contributed by atoms with Gasteiger partial charge in [0.2, 0.25) is 0 Å². The molecular formula is C13H11FN2O4S. The first-order valence-electron chi connectivity index (χ1n) is 5.83. The second kappa shape index (κ2) is 5.49. The van der Waals surface area contributed by atoms with E-state index in [0.717, 1.165) is 17.7 Å². The van der Waals surface area contributed by atoms with Crippen LogP contribution in [0, 0.1) is 22.9 Å². The Morgan fingerprint density at radius 3 is 2.33 bits per heavy atom. The molecule has 0 heterocycles. The first-order valence-corrected chi connectivity index (χ1v) is 7.31. The van der Waals surface area contributed by atoms with E-state index < -0.39 is 31.3 Å². The Balaban J connectivity index is 2.41. The van der Waals surface area contributed by atoms with Crippen molar-refractivity contribution in [3.05, 3.63) is 64.0 Å². The highest BCUT2D eigenvalue weighted by Crippen LogP contribution is 2.23. The maximum Gasteiger partial charge on any atom is 0.271 e. The van der Waals surface area contributed by atoms with Crippen molar-refractivity contribution in [1.29, 1.82) is 0 Å². The molecule has 0 saturated heterocycles. The van der Waals surface area contributed by atoms with Crippen LogP contribution in [0.3, 0.4) is 0 Å². The van der Waals surface area contributed by atoms with Gasteiger partial charge in [-0.05, 0) is 25.1 Å². The van der Waals surface area contributed by atoms with Crippen molar-refractivity contribution in [3.63, 3.8) is 0 Å². The number of benzene rings is 2. The summed E-state index contributed by atoms with van der Waals surface area (Å²) >= 11 is 0. The molecule has 6 nitrogen and oxygen atoms in total. The normalized spacial score (nSPS) is 11.1. The van der Waals surface area contributed by atoms with E-state index >= 15 is 0 Å². The van der Waals surface area contributed by atoms with Gasteiger partial charge >= 0.3 is 0 Å². The lowest BCUT2D eigenvalue weighted by Crippen LogP contribution is -2.14. The minimum absolute atomic E-state index is 0.242. The van der Waals surface area contributed by atoms with Crippen molar-refractivity contribution < 1.29 is 17.7 Å². The van der Waals surface area contributed by atoms with Gasteiger partial charge in [-0.3, -0.25) is 14.8 Å². The molecule has 0 aliphatic carbocycles. The summed E-state index contributed by atoms with van der Waals surface area (Å²) in [7, 11) is -4.24. The van der Waals surface area contributed by atoms with Crippen molar-refractivity contribution >= 4 is 21.4 Å². The van der Waals surface area contributed by atoms with Crippen LogP contribution < -0.4 is 4.72 Å². The Kier molecular flexibility index (Phi) is 3.90. The number of aryl methyl sites for hydroxylation is 1. The number of anilines is 1. The molecule has 0 saturated carbocycles. The molecule has 110 valence electrons. The number of rotatable bonds is 4. The predicted molar refractivity (Wildman–Crippen MR) is 75.0 cm³/mol. The van der Waals surface area contributed by atoms with Gasteiger partial charge in [-0.25, -0.2) is 12.8 Å². The molecule has 2 aromatic rings. The van der Waals surface area contributed by atoms with E-state index in [1.54, 1.807) is 12.1 Å². The molecule has 0 radical (unpaired) electrons. The first kappa shape index (κ1) is 14.9. The fraction of sp³-hybridized carbons (Fsp3) is 0.0769. The van der Waals surface area contributed by atoms with E-state index in [-0.39, 0.29) is 5.69 Å². The van der Waals surface area contributed by atoms with E-state index in [1.807, 2.05) is 6.92 Å². The Morgan fingerprint density at radius 1 is 1.14 bits per heavy atom. The molecule has 21 heavy (non-hydrogen) atoms. The zero-order valence-corrected chi connectivity index (χ0v) is 11.7. The number of sulfonamides is 1. The Bertz CT molecular complexity index is 788. The molecule has 2 aromatic carbocycles. The third-order valence-electron chi connectivity index (χ3n) is 2.72. The zero-order chi connectivity index (χ0) is 15.6. The number of nitrogens with one attached hydrogen (secondary N) is 1. The molecule has 0 aromatic heterocycles. The summed E-state index contributed by atoms with van der Waals surface area (Å²) in [6.45, 7) is 1.83. The van der Waals surface area contributed by atoms with Crippen molar-refractivity contribution in [2.24, 2.45) is 0 Å². The van der Waals surface area contributed by atoms with Crippen molar-refractivity contribution in [2.75, 3.05) is 4.72 Å². The van der Waals surface area contributed by atoms with E-state index in [0.29, 0.717) is 6.07 Å². The van der Waals surface area contributed by atoms with Gasteiger partial charge in [0, 0.05) is 17.8 Å². The molecular weight excluding hydrogens is 299 g/mol. The monoisotopic (exact) mass is 310 g/mol. The second-order valence-electron chi connectivity index (χ2n) is 4.34. The Labute approximate surface area is 120 Å². The molecule has 8 heteroatoms. The first-order chi connectivity index (χ1) is 9.79. The van der Waals surface area contributed by atoms with Crippen LogP contribution in [0.5, 0.6) is 0 Å². The minimum atomic E-state index is -4.24. The molecule has 0 aliphatic rings. The van der Waals surface area contributed by atoms with Gasteiger partial charge in [0.05, 0.1) is 4.92 Å². The number of hydrogen-bond donors (Lipinski definition) is 1. The van der Waals surface area contributed by atoms with Crippen LogP contribution in [0.25, 0.3) is 0 Å².